The Labute approximate surface area is 153 Å². The van der Waals surface area contributed by atoms with Crippen LogP contribution in [0.25, 0.3) is 5.69 Å². The molecule has 2 aromatic carbocycles. The summed E-state index contributed by atoms with van der Waals surface area (Å²) in [5.41, 5.74) is 1.88. The zero-order valence-electron chi connectivity index (χ0n) is 13.7. The van der Waals surface area contributed by atoms with E-state index < -0.39 is 4.92 Å². The van der Waals surface area contributed by atoms with Gasteiger partial charge in [0, 0.05) is 23.7 Å². The molecule has 1 amide bonds. The molecular weight excluding hydrogens is 358 g/mol. The number of nitrogens with one attached hydrogen (secondary N) is 1. The average Bonchev–Trinajstić information content (AvgIpc) is 3.01. The molecule has 132 valence electrons. The minimum atomic E-state index is -0.492. The lowest BCUT2D eigenvalue weighted by atomic mass is 10.2. The van der Waals surface area contributed by atoms with E-state index in [0.29, 0.717) is 22.9 Å². The van der Waals surface area contributed by atoms with E-state index in [0.717, 1.165) is 5.56 Å². The molecule has 0 aliphatic heterocycles. The fourth-order valence-electron chi connectivity index (χ4n) is 2.44. The van der Waals surface area contributed by atoms with Gasteiger partial charge in [0.05, 0.1) is 16.3 Å². The van der Waals surface area contributed by atoms with Gasteiger partial charge in [0.2, 0.25) is 0 Å². The first-order chi connectivity index (χ1) is 12.5. The SMILES string of the molecule is Cc1c(C(=O)NCc2cccc(Cl)c2)nnn1-c1cccc([N+](=O)[O-])c1. The maximum Gasteiger partial charge on any atom is 0.274 e. The number of amides is 1. The maximum atomic E-state index is 12.4. The number of benzene rings is 2. The number of non-ortho nitro benzene ring substituents is 1. The Kier molecular flexibility index (Phi) is 4.94. The molecule has 0 saturated carbocycles. The second-order valence-electron chi connectivity index (χ2n) is 5.52. The van der Waals surface area contributed by atoms with E-state index in [1.807, 2.05) is 6.07 Å². The van der Waals surface area contributed by atoms with Gasteiger partial charge in [-0.05, 0) is 30.7 Å². The van der Waals surface area contributed by atoms with E-state index in [1.54, 1.807) is 37.3 Å². The molecule has 1 aromatic heterocycles. The summed E-state index contributed by atoms with van der Waals surface area (Å²) in [5.74, 6) is -0.390. The summed E-state index contributed by atoms with van der Waals surface area (Å²) in [7, 11) is 0. The van der Waals surface area contributed by atoms with E-state index in [2.05, 4.69) is 15.6 Å². The van der Waals surface area contributed by atoms with Gasteiger partial charge in [-0.25, -0.2) is 4.68 Å². The monoisotopic (exact) mass is 371 g/mol. The van der Waals surface area contributed by atoms with Gasteiger partial charge in [-0.1, -0.05) is 35.0 Å². The molecule has 0 saturated heterocycles. The van der Waals surface area contributed by atoms with Crippen LogP contribution in [0.4, 0.5) is 5.69 Å². The Hall–Kier alpha value is -3.26. The van der Waals surface area contributed by atoms with Crippen LogP contribution in [0, 0.1) is 17.0 Å². The fourth-order valence-corrected chi connectivity index (χ4v) is 2.65. The van der Waals surface area contributed by atoms with Crippen LogP contribution in [-0.4, -0.2) is 25.8 Å². The van der Waals surface area contributed by atoms with Gasteiger partial charge in [-0.2, -0.15) is 0 Å². The number of aromatic nitrogens is 3. The van der Waals surface area contributed by atoms with Crippen LogP contribution in [0.3, 0.4) is 0 Å². The smallest absolute Gasteiger partial charge is 0.274 e. The van der Waals surface area contributed by atoms with Crippen molar-refractivity contribution in [2.24, 2.45) is 0 Å². The van der Waals surface area contributed by atoms with Crippen molar-refractivity contribution in [2.45, 2.75) is 13.5 Å². The predicted molar refractivity (Wildman–Crippen MR) is 95.4 cm³/mol. The molecule has 0 aliphatic rings. The first kappa shape index (κ1) is 17.6. The van der Waals surface area contributed by atoms with Crippen molar-refractivity contribution in [1.82, 2.24) is 20.3 Å². The molecule has 9 heteroatoms. The summed E-state index contributed by atoms with van der Waals surface area (Å²) >= 11 is 5.92. The maximum absolute atomic E-state index is 12.4. The minimum Gasteiger partial charge on any atom is -0.347 e. The molecule has 8 nitrogen and oxygen atoms in total. The molecule has 0 fully saturated rings. The lowest BCUT2D eigenvalue weighted by Gasteiger charge is -2.05. The number of nitrogens with zero attached hydrogens (tertiary/aromatic N) is 4. The first-order valence-electron chi connectivity index (χ1n) is 7.65. The Morgan fingerprint density at radius 2 is 2.04 bits per heavy atom. The van der Waals surface area contributed by atoms with E-state index in [4.69, 9.17) is 11.6 Å². The van der Waals surface area contributed by atoms with Crippen LogP contribution < -0.4 is 5.32 Å². The van der Waals surface area contributed by atoms with Crippen LogP contribution in [0.15, 0.2) is 48.5 Å². The number of halogens is 1. The zero-order valence-corrected chi connectivity index (χ0v) is 14.5. The van der Waals surface area contributed by atoms with Crippen molar-refractivity contribution in [1.29, 1.82) is 0 Å². The highest BCUT2D eigenvalue weighted by molar-refractivity contribution is 6.30. The molecule has 1 N–H and O–H groups in total. The van der Waals surface area contributed by atoms with E-state index in [-0.39, 0.29) is 17.3 Å². The molecule has 0 spiro atoms. The molecule has 0 atom stereocenters. The lowest BCUT2D eigenvalue weighted by Crippen LogP contribution is -2.24. The lowest BCUT2D eigenvalue weighted by molar-refractivity contribution is -0.384. The Morgan fingerprint density at radius 3 is 2.77 bits per heavy atom. The summed E-state index contributed by atoms with van der Waals surface area (Å²) in [6, 6.07) is 13.1. The third-order valence-electron chi connectivity index (χ3n) is 3.74. The van der Waals surface area contributed by atoms with Crippen molar-refractivity contribution in [3.05, 3.63) is 80.6 Å². The minimum absolute atomic E-state index is 0.0654. The van der Waals surface area contributed by atoms with Gasteiger partial charge in [-0.15, -0.1) is 5.10 Å². The number of nitro benzene ring substituents is 1. The van der Waals surface area contributed by atoms with Crippen molar-refractivity contribution in [3.8, 4) is 5.69 Å². The zero-order chi connectivity index (χ0) is 18.7. The largest absolute Gasteiger partial charge is 0.347 e. The standard InChI is InChI=1S/C17H14ClN5O3/c1-11-16(17(24)19-10-12-4-2-5-13(18)8-12)20-21-22(11)14-6-3-7-15(9-14)23(25)26/h2-9H,10H2,1H3,(H,19,24). The highest BCUT2D eigenvalue weighted by atomic mass is 35.5. The van der Waals surface area contributed by atoms with E-state index in [1.165, 1.54) is 16.8 Å². The third-order valence-corrected chi connectivity index (χ3v) is 3.97. The summed E-state index contributed by atoms with van der Waals surface area (Å²) < 4.78 is 1.39. The fraction of sp³-hybridized carbons (Fsp3) is 0.118. The molecule has 3 aromatic rings. The van der Waals surface area contributed by atoms with Crippen LogP contribution >= 0.6 is 11.6 Å². The van der Waals surface area contributed by atoms with E-state index in [9.17, 15) is 14.9 Å². The number of hydrogen-bond acceptors (Lipinski definition) is 5. The molecule has 0 aliphatic carbocycles. The number of rotatable bonds is 5. The molecule has 0 radical (unpaired) electrons. The Bertz CT molecular complexity index is 986. The summed E-state index contributed by atoms with van der Waals surface area (Å²) in [6.45, 7) is 1.97. The number of carbonyl (C=O) groups is 1. The normalized spacial score (nSPS) is 10.5. The third kappa shape index (κ3) is 3.70. The van der Waals surface area contributed by atoms with Gasteiger partial charge in [0.1, 0.15) is 0 Å². The van der Waals surface area contributed by atoms with Crippen LogP contribution in [0.1, 0.15) is 21.7 Å². The van der Waals surface area contributed by atoms with Gasteiger partial charge in [0.25, 0.3) is 11.6 Å². The van der Waals surface area contributed by atoms with Crippen molar-refractivity contribution in [2.75, 3.05) is 0 Å². The second kappa shape index (κ2) is 7.32. The number of carbonyl (C=O) groups excluding carboxylic acids is 1. The predicted octanol–water partition coefficient (Wildman–Crippen LogP) is 3.07. The quantitative estimate of drug-likeness (QED) is 0.548. The molecular formula is C17H14ClN5O3. The first-order valence-corrected chi connectivity index (χ1v) is 8.03. The highest BCUT2D eigenvalue weighted by Gasteiger charge is 2.18. The number of hydrogen-bond donors (Lipinski definition) is 1. The molecule has 3 rings (SSSR count). The van der Waals surface area contributed by atoms with Crippen molar-refractivity contribution < 1.29 is 9.72 Å². The summed E-state index contributed by atoms with van der Waals surface area (Å²) in [4.78, 5) is 22.8. The van der Waals surface area contributed by atoms with Gasteiger partial charge in [0.15, 0.2) is 5.69 Å². The van der Waals surface area contributed by atoms with Crippen molar-refractivity contribution >= 4 is 23.2 Å². The number of nitro groups is 1. The molecule has 26 heavy (non-hydrogen) atoms. The molecule has 1 heterocycles. The van der Waals surface area contributed by atoms with Gasteiger partial charge >= 0.3 is 0 Å². The van der Waals surface area contributed by atoms with E-state index >= 15 is 0 Å². The van der Waals surface area contributed by atoms with Crippen LogP contribution in [0.2, 0.25) is 5.02 Å². The highest BCUT2D eigenvalue weighted by Crippen LogP contribution is 2.18. The molecule has 0 bridgehead atoms. The average molecular weight is 372 g/mol. The topological polar surface area (TPSA) is 103 Å². The summed E-state index contributed by atoms with van der Waals surface area (Å²) in [5, 5.41) is 22.1. The second-order valence-corrected chi connectivity index (χ2v) is 5.96. The Morgan fingerprint density at radius 1 is 1.27 bits per heavy atom. The van der Waals surface area contributed by atoms with Gasteiger partial charge in [-0.3, -0.25) is 14.9 Å². The van der Waals surface area contributed by atoms with Crippen molar-refractivity contribution in [3.63, 3.8) is 0 Å². The summed E-state index contributed by atoms with van der Waals surface area (Å²) in [6.07, 6.45) is 0. The van der Waals surface area contributed by atoms with Crippen LogP contribution in [-0.2, 0) is 6.54 Å². The van der Waals surface area contributed by atoms with Gasteiger partial charge < -0.3 is 5.32 Å². The molecule has 0 unspecified atom stereocenters. The Balaban J connectivity index is 1.79. The van der Waals surface area contributed by atoms with Crippen LogP contribution in [0.5, 0.6) is 0 Å².